The van der Waals surface area contributed by atoms with Gasteiger partial charge >= 0.3 is 6.09 Å². The summed E-state index contributed by atoms with van der Waals surface area (Å²) in [5, 5.41) is 19.5. The summed E-state index contributed by atoms with van der Waals surface area (Å²) in [5.41, 5.74) is 1.22. The van der Waals surface area contributed by atoms with E-state index in [0.717, 1.165) is 16.7 Å². The van der Waals surface area contributed by atoms with E-state index in [-0.39, 0.29) is 18.7 Å². The first kappa shape index (κ1) is 21.3. The maximum absolute atomic E-state index is 13.0. The topological polar surface area (TPSA) is 70.0 Å². The van der Waals surface area contributed by atoms with Crippen molar-refractivity contribution in [3.8, 4) is 0 Å². The average molecular weight is 398 g/mol. The molecular weight excluding hydrogens is 366 g/mol. The number of amides is 1. The van der Waals surface area contributed by atoms with Crippen molar-refractivity contribution in [1.29, 1.82) is 0 Å². The number of benzene rings is 2. The fourth-order valence-corrected chi connectivity index (χ4v) is 4.00. The van der Waals surface area contributed by atoms with Crippen LogP contribution < -0.4 is 0 Å². The van der Waals surface area contributed by atoms with Gasteiger partial charge in [-0.3, -0.25) is 0 Å². The van der Waals surface area contributed by atoms with Crippen LogP contribution in [0.2, 0.25) is 0 Å². The molecule has 1 saturated heterocycles. The molecule has 1 aliphatic heterocycles. The van der Waals surface area contributed by atoms with Crippen LogP contribution in [-0.2, 0) is 15.9 Å². The maximum Gasteiger partial charge on any atom is 0.411 e. The summed E-state index contributed by atoms with van der Waals surface area (Å²) in [6.45, 7) is 6.14. The van der Waals surface area contributed by atoms with E-state index in [1.165, 1.54) is 0 Å². The number of rotatable bonds is 7. The second-order valence-corrected chi connectivity index (χ2v) is 8.36. The highest BCUT2D eigenvalue weighted by molar-refractivity contribution is 5.70. The Balaban J connectivity index is 1.78. The van der Waals surface area contributed by atoms with Crippen LogP contribution in [0.3, 0.4) is 0 Å². The third-order valence-electron chi connectivity index (χ3n) is 5.88. The average Bonchev–Trinajstić information content (AvgIpc) is 2.72. The lowest BCUT2D eigenvalue weighted by Crippen LogP contribution is -2.48. The van der Waals surface area contributed by atoms with Crippen LogP contribution in [-0.4, -0.2) is 34.4 Å². The number of ether oxygens (including phenoxy) is 1. The molecule has 0 bridgehead atoms. The number of hydrogen-bond acceptors (Lipinski definition) is 4. The summed E-state index contributed by atoms with van der Waals surface area (Å²) in [6, 6.07) is 17.4. The Labute approximate surface area is 172 Å². The largest absolute Gasteiger partial charge is 0.438 e. The third-order valence-corrected chi connectivity index (χ3v) is 5.88. The second kappa shape index (κ2) is 8.56. The molecule has 0 aliphatic carbocycles. The maximum atomic E-state index is 13.0. The molecular formula is C24H31NO4. The molecule has 0 aromatic heterocycles. The molecule has 1 amide bonds. The smallest absolute Gasteiger partial charge is 0.411 e. The molecule has 5 heteroatoms. The standard InChI is InChI=1S/C24H31NO4/c1-18(19-10-12-20(13-11-19)23(2,3)28)25-16-15-24(14-7-17-26,29-22(25)27)21-8-5-4-6-9-21/h4-6,8-13,18,26,28H,7,14-17H2,1-3H3/t18-,24+/m0/s1. The number of aliphatic hydroxyl groups is 2. The lowest BCUT2D eigenvalue weighted by molar-refractivity contribution is -0.0680. The van der Waals surface area contributed by atoms with Gasteiger partial charge in [-0.2, -0.15) is 0 Å². The number of cyclic esters (lactones) is 1. The second-order valence-electron chi connectivity index (χ2n) is 8.36. The monoisotopic (exact) mass is 397 g/mol. The summed E-state index contributed by atoms with van der Waals surface area (Å²) in [6.07, 6.45) is 1.52. The molecule has 1 heterocycles. The molecule has 0 saturated carbocycles. The molecule has 156 valence electrons. The van der Waals surface area contributed by atoms with Gasteiger partial charge in [0.1, 0.15) is 5.60 Å². The molecule has 29 heavy (non-hydrogen) atoms. The predicted molar refractivity (Wildman–Crippen MR) is 112 cm³/mol. The molecule has 1 fully saturated rings. The minimum Gasteiger partial charge on any atom is -0.438 e. The van der Waals surface area contributed by atoms with Crippen molar-refractivity contribution in [3.63, 3.8) is 0 Å². The summed E-state index contributed by atoms with van der Waals surface area (Å²) in [4.78, 5) is 14.7. The molecule has 2 aromatic rings. The number of carbonyl (C=O) groups excluding carboxylic acids is 1. The first-order valence-electron chi connectivity index (χ1n) is 10.3. The van der Waals surface area contributed by atoms with E-state index in [1.54, 1.807) is 18.7 Å². The van der Waals surface area contributed by atoms with Crippen molar-refractivity contribution < 1.29 is 19.7 Å². The van der Waals surface area contributed by atoms with Crippen LogP contribution in [0.15, 0.2) is 54.6 Å². The Morgan fingerprint density at radius 1 is 1.14 bits per heavy atom. The van der Waals surface area contributed by atoms with Crippen LogP contribution in [0, 0.1) is 0 Å². The predicted octanol–water partition coefficient (Wildman–Crippen LogP) is 4.49. The number of carbonyl (C=O) groups is 1. The highest BCUT2D eigenvalue weighted by atomic mass is 16.6. The molecule has 2 atom stereocenters. The van der Waals surface area contributed by atoms with Crippen molar-refractivity contribution in [2.75, 3.05) is 13.2 Å². The van der Waals surface area contributed by atoms with Crippen LogP contribution in [0.4, 0.5) is 4.79 Å². The highest BCUT2D eigenvalue weighted by Crippen LogP contribution is 2.40. The summed E-state index contributed by atoms with van der Waals surface area (Å²) >= 11 is 0. The van der Waals surface area contributed by atoms with Gasteiger partial charge in [0.2, 0.25) is 0 Å². The van der Waals surface area contributed by atoms with Crippen LogP contribution >= 0.6 is 0 Å². The van der Waals surface area contributed by atoms with E-state index < -0.39 is 11.2 Å². The molecule has 3 rings (SSSR count). The zero-order chi connectivity index (χ0) is 21.1. The van der Waals surface area contributed by atoms with Gasteiger partial charge in [0, 0.05) is 19.6 Å². The molecule has 0 radical (unpaired) electrons. The molecule has 2 N–H and O–H groups in total. The van der Waals surface area contributed by atoms with Crippen LogP contribution in [0.25, 0.3) is 0 Å². The van der Waals surface area contributed by atoms with Crippen molar-refractivity contribution in [3.05, 3.63) is 71.3 Å². The van der Waals surface area contributed by atoms with Gasteiger partial charge in [0.25, 0.3) is 0 Å². The zero-order valence-corrected chi connectivity index (χ0v) is 17.5. The highest BCUT2D eigenvalue weighted by Gasteiger charge is 2.43. The van der Waals surface area contributed by atoms with Gasteiger partial charge in [0.15, 0.2) is 0 Å². The number of nitrogens with zero attached hydrogens (tertiary/aromatic N) is 1. The quantitative estimate of drug-likeness (QED) is 0.722. The van der Waals surface area contributed by atoms with Crippen molar-refractivity contribution in [2.24, 2.45) is 0 Å². The van der Waals surface area contributed by atoms with Crippen molar-refractivity contribution >= 4 is 6.09 Å². The number of hydrogen-bond donors (Lipinski definition) is 2. The minimum atomic E-state index is -0.895. The number of aliphatic hydroxyl groups excluding tert-OH is 1. The molecule has 2 aromatic carbocycles. The first-order chi connectivity index (χ1) is 13.8. The van der Waals surface area contributed by atoms with E-state index >= 15 is 0 Å². The first-order valence-corrected chi connectivity index (χ1v) is 10.3. The van der Waals surface area contributed by atoms with E-state index in [4.69, 9.17) is 4.74 Å². The third kappa shape index (κ3) is 4.62. The molecule has 5 nitrogen and oxygen atoms in total. The van der Waals surface area contributed by atoms with E-state index in [0.29, 0.717) is 25.8 Å². The van der Waals surface area contributed by atoms with Gasteiger partial charge < -0.3 is 19.8 Å². The van der Waals surface area contributed by atoms with Gasteiger partial charge in [-0.1, -0.05) is 54.6 Å². The van der Waals surface area contributed by atoms with Crippen molar-refractivity contribution in [1.82, 2.24) is 4.90 Å². The van der Waals surface area contributed by atoms with Gasteiger partial charge in [0.05, 0.1) is 11.6 Å². The SMILES string of the molecule is C[C@@H](c1ccc(C(C)(C)O)cc1)N1CC[C@](CCCO)(c2ccccc2)OC1=O. The molecule has 0 spiro atoms. The lowest BCUT2D eigenvalue weighted by Gasteiger charge is -2.43. The van der Waals surface area contributed by atoms with Gasteiger partial charge in [-0.15, -0.1) is 0 Å². The normalized spacial score (nSPS) is 21.0. The fraction of sp³-hybridized carbons (Fsp3) is 0.458. The zero-order valence-electron chi connectivity index (χ0n) is 17.5. The van der Waals surface area contributed by atoms with Gasteiger partial charge in [-0.05, 0) is 50.3 Å². The van der Waals surface area contributed by atoms with Gasteiger partial charge in [-0.25, -0.2) is 4.79 Å². The minimum absolute atomic E-state index is 0.0693. The van der Waals surface area contributed by atoms with E-state index in [9.17, 15) is 15.0 Å². The Kier molecular flexibility index (Phi) is 6.30. The summed E-state index contributed by atoms with van der Waals surface area (Å²) in [7, 11) is 0. The van der Waals surface area contributed by atoms with Crippen LogP contribution in [0.5, 0.6) is 0 Å². The summed E-state index contributed by atoms with van der Waals surface area (Å²) < 4.78 is 6.03. The summed E-state index contributed by atoms with van der Waals surface area (Å²) in [5.74, 6) is 0. The molecule has 1 aliphatic rings. The lowest BCUT2D eigenvalue weighted by atomic mass is 9.84. The van der Waals surface area contributed by atoms with E-state index in [1.807, 2.05) is 61.5 Å². The molecule has 0 unspecified atom stereocenters. The van der Waals surface area contributed by atoms with E-state index in [2.05, 4.69) is 0 Å². The fourth-order valence-electron chi connectivity index (χ4n) is 4.00. The Morgan fingerprint density at radius 3 is 2.34 bits per heavy atom. The Hall–Kier alpha value is -2.37. The Bertz CT molecular complexity index is 813. The van der Waals surface area contributed by atoms with Crippen LogP contribution in [0.1, 0.15) is 62.8 Å². The van der Waals surface area contributed by atoms with Crippen molar-refractivity contribution in [2.45, 2.75) is 57.3 Å². The Morgan fingerprint density at radius 2 is 1.79 bits per heavy atom.